The van der Waals surface area contributed by atoms with Crippen LogP contribution in [0.1, 0.15) is 21.5 Å². The largest absolute Gasteiger partial charge is 0.348 e. The second kappa shape index (κ2) is 7.33. The maximum atomic E-state index is 12.0. The summed E-state index contributed by atoms with van der Waals surface area (Å²) in [5.74, 6) is -0.124. The molecule has 1 aromatic carbocycles. The topological polar surface area (TPSA) is 45.2 Å². The van der Waals surface area contributed by atoms with Crippen molar-refractivity contribution < 1.29 is 4.79 Å². The number of carbonyl (C=O) groups excluding carboxylic acids is 1. The van der Waals surface area contributed by atoms with E-state index >= 15 is 0 Å². The van der Waals surface area contributed by atoms with Crippen LogP contribution in [0.4, 0.5) is 0 Å². The van der Waals surface area contributed by atoms with Crippen LogP contribution in [0.2, 0.25) is 0 Å². The van der Waals surface area contributed by atoms with Crippen LogP contribution in [0.3, 0.4) is 0 Å². The lowest BCUT2D eigenvalue weighted by Crippen LogP contribution is -2.22. The Labute approximate surface area is 133 Å². The first kappa shape index (κ1) is 15.7. The summed E-state index contributed by atoms with van der Waals surface area (Å²) in [6.45, 7) is 1.42. The number of benzene rings is 1. The Bertz CT molecular complexity index is 611. The molecule has 0 radical (unpaired) electrons. The molecular formula is C16H18BrN3O. The highest BCUT2D eigenvalue weighted by Crippen LogP contribution is 2.10. The van der Waals surface area contributed by atoms with Crippen LogP contribution in [0.15, 0.2) is 47.2 Å². The number of rotatable bonds is 5. The van der Waals surface area contributed by atoms with Crippen molar-refractivity contribution in [2.75, 3.05) is 14.1 Å². The second-order valence-corrected chi connectivity index (χ2v) is 6.04. The van der Waals surface area contributed by atoms with E-state index in [1.807, 2.05) is 26.2 Å². The van der Waals surface area contributed by atoms with Gasteiger partial charge in [-0.1, -0.05) is 24.3 Å². The van der Waals surface area contributed by atoms with Gasteiger partial charge in [0.05, 0.1) is 5.56 Å². The van der Waals surface area contributed by atoms with Gasteiger partial charge in [-0.3, -0.25) is 9.78 Å². The monoisotopic (exact) mass is 347 g/mol. The molecule has 0 aliphatic rings. The van der Waals surface area contributed by atoms with Crippen LogP contribution >= 0.6 is 15.9 Å². The third-order valence-corrected chi connectivity index (χ3v) is 3.38. The average Bonchev–Trinajstić information content (AvgIpc) is 2.45. The fourth-order valence-electron chi connectivity index (χ4n) is 1.95. The summed E-state index contributed by atoms with van der Waals surface area (Å²) in [6, 6.07) is 10.0. The first-order valence-corrected chi connectivity index (χ1v) is 7.45. The van der Waals surface area contributed by atoms with Gasteiger partial charge >= 0.3 is 0 Å². The van der Waals surface area contributed by atoms with Gasteiger partial charge in [0.2, 0.25) is 0 Å². The average molecular weight is 348 g/mol. The zero-order valence-electron chi connectivity index (χ0n) is 12.1. The minimum absolute atomic E-state index is 0.124. The first-order valence-electron chi connectivity index (χ1n) is 6.66. The molecule has 110 valence electrons. The zero-order chi connectivity index (χ0) is 15.2. The van der Waals surface area contributed by atoms with Crippen molar-refractivity contribution in [3.8, 4) is 0 Å². The molecule has 0 fully saturated rings. The SMILES string of the molecule is CN(C)Cc1ccc(CNC(=O)c2cncc(Br)c2)cc1. The summed E-state index contributed by atoms with van der Waals surface area (Å²) >= 11 is 3.31. The van der Waals surface area contributed by atoms with Gasteiger partial charge in [-0.25, -0.2) is 0 Å². The van der Waals surface area contributed by atoms with E-state index in [4.69, 9.17) is 0 Å². The first-order chi connectivity index (χ1) is 10.0. The Hall–Kier alpha value is -1.72. The molecule has 0 spiro atoms. The fourth-order valence-corrected chi connectivity index (χ4v) is 2.31. The predicted molar refractivity (Wildman–Crippen MR) is 86.9 cm³/mol. The Kier molecular flexibility index (Phi) is 5.47. The lowest BCUT2D eigenvalue weighted by molar-refractivity contribution is 0.0950. The van der Waals surface area contributed by atoms with Gasteiger partial charge in [0.1, 0.15) is 0 Å². The van der Waals surface area contributed by atoms with Gasteiger partial charge in [-0.05, 0) is 47.2 Å². The van der Waals surface area contributed by atoms with Crippen molar-refractivity contribution in [1.29, 1.82) is 0 Å². The maximum Gasteiger partial charge on any atom is 0.253 e. The molecule has 2 rings (SSSR count). The molecule has 0 aliphatic heterocycles. The number of hydrogen-bond acceptors (Lipinski definition) is 3. The van der Waals surface area contributed by atoms with Gasteiger partial charge in [0.25, 0.3) is 5.91 Å². The van der Waals surface area contributed by atoms with Crippen molar-refractivity contribution in [3.63, 3.8) is 0 Å². The summed E-state index contributed by atoms with van der Waals surface area (Å²) < 4.78 is 0.795. The summed E-state index contributed by atoms with van der Waals surface area (Å²) in [5.41, 5.74) is 2.88. The molecule has 5 heteroatoms. The molecule has 21 heavy (non-hydrogen) atoms. The number of pyridine rings is 1. The van der Waals surface area contributed by atoms with Crippen molar-refractivity contribution in [2.45, 2.75) is 13.1 Å². The quantitative estimate of drug-likeness (QED) is 0.904. The Morgan fingerprint density at radius 1 is 1.19 bits per heavy atom. The van der Waals surface area contributed by atoms with E-state index in [9.17, 15) is 4.79 Å². The molecule has 0 atom stereocenters. The molecule has 4 nitrogen and oxygen atoms in total. The Morgan fingerprint density at radius 3 is 2.48 bits per heavy atom. The van der Waals surface area contributed by atoms with E-state index in [1.165, 1.54) is 5.56 Å². The second-order valence-electron chi connectivity index (χ2n) is 5.13. The van der Waals surface area contributed by atoms with Crippen molar-refractivity contribution >= 4 is 21.8 Å². The van der Waals surface area contributed by atoms with Gasteiger partial charge in [0, 0.05) is 30.0 Å². The lowest BCUT2D eigenvalue weighted by atomic mass is 10.1. The number of carbonyl (C=O) groups is 1. The van der Waals surface area contributed by atoms with E-state index in [1.54, 1.807) is 18.5 Å². The molecule has 2 aromatic rings. The molecule has 1 N–H and O–H groups in total. The smallest absolute Gasteiger partial charge is 0.253 e. The molecular weight excluding hydrogens is 330 g/mol. The minimum atomic E-state index is -0.124. The van der Waals surface area contributed by atoms with Crippen molar-refractivity contribution in [3.05, 3.63) is 63.9 Å². The van der Waals surface area contributed by atoms with Gasteiger partial charge < -0.3 is 10.2 Å². The molecule has 1 aromatic heterocycles. The van der Waals surface area contributed by atoms with Gasteiger partial charge in [-0.15, -0.1) is 0 Å². The Morgan fingerprint density at radius 2 is 1.86 bits per heavy atom. The third kappa shape index (κ3) is 4.95. The van der Waals surface area contributed by atoms with Gasteiger partial charge in [-0.2, -0.15) is 0 Å². The lowest BCUT2D eigenvalue weighted by Gasteiger charge is -2.10. The number of nitrogens with zero attached hydrogens (tertiary/aromatic N) is 2. The predicted octanol–water partition coefficient (Wildman–Crippen LogP) is 2.84. The number of aromatic nitrogens is 1. The van der Waals surface area contributed by atoms with Crippen LogP contribution in [0, 0.1) is 0 Å². The molecule has 1 heterocycles. The summed E-state index contributed by atoms with van der Waals surface area (Å²) in [4.78, 5) is 18.1. The van der Waals surface area contributed by atoms with Crippen molar-refractivity contribution in [2.24, 2.45) is 0 Å². The number of nitrogens with one attached hydrogen (secondary N) is 1. The molecule has 0 aliphatic carbocycles. The van der Waals surface area contributed by atoms with E-state index in [2.05, 4.69) is 43.3 Å². The molecule has 0 bridgehead atoms. The van der Waals surface area contributed by atoms with E-state index in [0.29, 0.717) is 12.1 Å². The number of amides is 1. The molecule has 0 unspecified atom stereocenters. The maximum absolute atomic E-state index is 12.0. The third-order valence-electron chi connectivity index (χ3n) is 2.94. The van der Waals surface area contributed by atoms with Crippen LogP contribution in [0.5, 0.6) is 0 Å². The molecule has 0 saturated carbocycles. The van der Waals surface area contributed by atoms with Crippen LogP contribution in [0.25, 0.3) is 0 Å². The van der Waals surface area contributed by atoms with E-state index in [-0.39, 0.29) is 5.91 Å². The Balaban J connectivity index is 1.92. The number of hydrogen-bond donors (Lipinski definition) is 1. The summed E-state index contributed by atoms with van der Waals surface area (Å²) in [5, 5.41) is 2.89. The zero-order valence-corrected chi connectivity index (χ0v) is 13.7. The highest BCUT2D eigenvalue weighted by molar-refractivity contribution is 9.10. The molecule has 1 amide bonds. The van der Waals surface area contributed by atoms with Crippen LogP contribution in [-0.4, -0.2) is 29.9 Å². The fraction of sp³-hybridized carbons (Fsp3) is 0.250. The standard InChI is InChI=1S/C16H18BrN3O/c1-20(2)11-13-5-3-12(4-6-13)8-19-16(21)14-7-15(17)10-18-9-14/h3-7,9-10H,8,11H2,1-2H3,(H,19,21). The summed E-state index contributed by atoms with van der Waals surface area (Å²) in [7, 11) is 4.08. The highest BCUT2D eigenvalue weighted by Gasteiger charge is 2.06. The highest BCUT2D eigenvalue weighted by atomic mass is 79.9. The van der Waals surface area contributed by atoms with Crippen LogP contribution in [-0.2, 0) is 13.1 Å². The van der Waals surface area contributed by atoms with Crippen molar-refractivity contribution in [1.82, 2.24) is 15.2 Å². The minimum Gasteiger partial charge on any atom is -0.348 e. The summed E-state index contributed by atoms with van der Waals surface area (Å²) in [6.07, 6.45) is 3.21. The van der Waals surface area contributed by atoms with E-state index < -0.39 is 0 Å². The molecule has 0 saturated heterocycles. The van der Waals surface area contributed by atoms with Crippen LogP contribution < -0.4 is 5.32 Å². The normalized spacial score (nSPS) is 10.7. The number of halogens is 1. The van der Waals surface area contributed by atoms with E-state index in [0.717, 1.165) is 16.6 Å². The van der Waals surface area contributed by atoms with Gasteiger partial charge in [0.15, 0.2) is 0 Å².